The molecule has 0 saturated heterocycles. The predicted octanol–water partition coefficient (Wildman–Crippen LogP) is 3.48. The molecular formula is C12H13O10P3. The molecular weight excluding hydrogens is 397 g/mol. The van der Waals surface area contributed by atoms with E-state index < -0.39 is 23.5 Å². The lowest BCUT2D eigenvalue weighted by Crippen LogP contribution is -2.05. The summed E-state index contributed by atoms with van der Waals surface area (Å²) in [6.45, 7) is 0. The van der Waals surface area contributed by atoms with E-state index in [9.17, 15) is 18.6 Å². The third kappa shape index (κ3) is 7.12. The number of phosphoric acid groups is 3. The van der Waals surface area contributed by atoms with Crippen molar-refractivity contribution in [1.82, 2.24) is 0 Å². The molecule has 0 spiro atoms. The standard InChI is InChI=1S/C12H13O10P3/c13-23(14,15)21-24(16,17)22-25(18,19-11-7-3-1-4-8-11)20-12-9-5-2-6-10-12/h1-10H,(H,16,17)(H2,13,14,15). The molecule has 2 aromatic rings. The Morgan fingerprint density at radius 2 is 1.04 bits per heavy atom. The van der Waals surface area contributed by atoms with Crippen LogP contribution in [0.2, 0.25) is 0 Å². The molecule has 0 aliphatic carbocycles. The Bertz CT molecular complexity index is 789. The first-order valence-corrected chi connectivity index (χ1v) is 11.0. The molecule has 0 heterocycles. The average molecular weight is 410 g/mol. The summed E-state index contributed by atoms with van der Waals surface area (Å²) in [7, 11) is -15.7. The molecule has 0 radical (unpaired) electrons. The van der Waals surface area contributed by atoms with Crippen molar-refractivity contribution in [2.45, 2.75) is 0 Å². The zero-order valence-corrected chi connectivity index (χ0v) is 15.0. The van der Waals surface area contributed by atoms with Crippen molar-refractivity contribution < 1.29 is 46.0 Å². The predicted molar refractivity (Wildman–Crippen MR) is 85.8 cm³/mol. The number of benzene rings is 2. The highest BCUT2D eigenvalue weighted by molar-refractivity contribution is 7.67. The van der Waals surface area contributed by atoms with Gasteiger partial charge in [-0.3, -0.25) is 0 Å². The second-order valence-corrected chi connectivity index (χ2v) is 8.86. The highest BCUT2D eigenvalue weighted by Gasteiger charge is 2.44. The summed E-state index contributed by atoms with van der Waals surface area (Å²) in [6.07, 6.45) is 0. The topological polar surface area (TPSA) is 149 Å². The largest absolute Gasteiger partial charge is 0.596 e. The Labute approximate surface area is 142 Å². The molecule has 0 amide bonds. The minimum absolute atomic E-state index is 0.0436. The van der Waals surface area contributed by atoms with Gasteiger partial charge in [0.1, 0.15) is 11.5 Å². The van der Waals surface area contributed by atoms with Crippen LogP contribution in [-0.2, 0) is 22.3 Å². The fourth-order valence-corrected chi connectivity index (χ4v) is 5.09. The second-order valence-electron chi connectivity index (χ2n) is 4.38. The molecule has 10 nitrogen and oxygen atoms in total. The lowest BCUT2D eigenvalue weighted by molar-refractivity contribution is 0.209. The van der Waals surface area contributed by atoms with Crippen molar-refractivity contribution >= 4 is 23.5 Å². The van der Waals surface area contributed by atoms with Gasteiger partial charge in [-0.2, -0.15) is 8.62 Å². The third-order valence-corrected chi connectivity index (χ3v) is 6.50. The number of para-hydroxylation sites is 2. The van der Waals surface area contributed by atoms with Gasteiger partial charge >= 0.3 is 23.5 Å². The van der Waals surface area contributed by atoms with E-state index in [4.69, 9.17) is 18.8 Å². The summed E-state index contributed by atoms with van der Waals surface area (Å²) in [6, 6.07) is 14.8. The van der Waals surface area contributed by atoms with Gasteiger partial charge in [0.2, 0.25) is 0 Å². The summed E-state index contributed by atoms with van der Waals surface area (Å²) in [5.41, 5.74) is 0. The highest BCUT2D eigenvalue weighted by atomic mass is 31.3. The Morgan fingerprint density at radius 3 is 1.40 bits per heavy atom. The summed E-state index contributed by atoms with van der Waals surface area (Å²) in [4.78, 5) is 26.7. The van der Waals surface area contributed by atoms with Crippen LogP contribution in [-0.4, -0.2) is 14.7 Å². The van der Waals surface area contributed by atoms with Gasteiger partial charge in [-0.15, -0.1) is 0 Å². The van der Waals surface area contributed by atoms with Crippen LogP contribution < -0.4 is 9.05 Å². The normalized spacial score (nSPS) is 14.5. The molecule has 3 N–H and O–H groups in total. The number of hydrogen-bond acceptors (Lipinski definition) is 7. The molecule has 25 heavy (non-hydrogen) atoms. The van der Waals surface area contributed by atoms with Crippen LogP contribution in [0, 0.1) is 0 Å². The van der Waals surface area contributed by atoms with Crippen LogP contribution >= 0.6 is 23.5 Å². The molecule has 0 bridgehead atoms. The number of phosphoric ester groups is 1. The quantitative estimate of drug-likeness (QED) is 0.552. The SMILES string of the molecule is O=P(O)(O)OP(=O)(O)OP(=O)(Oc1ccccc1)Oc1ccccc1. The first-order valence-electron chi connectivity index (χ1n) is 6.47. The molecule has 13 heteroatoms. The maximum Gasteiger partial charge on any atom is 0.596 e. The van der Waals surface area contributed by atoms with Crippen LogP contribution in [0.15, 0.2) is 60.7 Å². The summed E-state index contributed by atoms with van der Waals surface area (Å²) < 4.78 is 53.1. The van der Waals surface area contributed by atoms with Gasteiger partial charge in [0, 0.05) is 0 Å². The molecule has 0 aromatic heterocycles. The molecule has 0 aliphatic rings. The average Bonchev–Trinajstić information content (AvgIpc) is 2.45. The molecule has 1 atom stereocenters. The van der Waals surface area contributed by atoms with Crippen LogP contribution in [0.25, 0.3) is 0 Å². The molecule has 0 aliphatic heterocycles. The summed E-state index contributed by atoms with van der Waals surface area (Å²) in [5.74, 6) is -0.0871. The minimum Gasteiger partial charge on any atom is -0.395 e. The first kappa shape index (κ1) is 19.8. The Hall–Kier alpha value is -1.47. The van der Waals surface area contributed by atoms with Crippen molar-refractivity contribution in [3.05, 3.63) is 60.7 Å². The van der Waals surface area contributed by atoms with Gasteiger partial charge in [-0.05, 0) is 24.3 Å². The van der Waals surface area contributed by atoms with E-state index >= 15 is 0 Å². The number of hydrogen-bond donors (Lipinski definition) is 3. The van der Waals surface area contributed by atoms with E-state index in [1.807, 2.05) is 0 Å². The van der Waals surface area contributed by atoms with Crippen LogP contribution in [0.4, 0.5) is 0 Å². The fraction of sp³-hybridized carbons (Fsp3) is 0. The van der Waals surface area contributed by atoms with Crippen molar-refractivity contribution in [1.29, 1.82) is 0 Å². The van der Waals surface area contributed by atoms with E-state index in [0.29, 0.717) is 0 Å². The zero-order chi connectivity index (χ0) is 18.6. The molecule has 2 rings (SSSR count). The molecule has 1 unspecified atom stereocenters. The van der Waals surface area contributed by atoms with Crippen LogP contribution in [0.1, 0.15) is 0 Å². The molecule has 0 saturated carbocycles. The second kappa shape index (κ2) is 7.83. The zero-order valence-electron chi connectivity index (χ0n) is 12.3. The maximum atomic E-state index is 12.7. The van der Waals surface area contributed by atoms with Gasteiger partial charge in [0.25, 0.3) is 0 Å². The summed E-state index contributed by atoms with van der Waals surface area (Å²) in [5, 5.41) is 0. The van der Waals surface area contributed by atoms with Crippen LogP contribution in [0.5, 0.6) is 11.5 Å². The highest BCUT2D eigenvalue weighted by Crippen LogP contribution is 2.67. The number of rotatable bonds is 8. The lowest BCUT2D eigenvalue weighted by Gasteiger charge is -2.20. The Balaban J connectivity index is 2.29. The fourth-order valence-electron chi connectivity index (χ4n) is 1.55. The van der Waals surface area contributed by atoms with Gasteiger partial charge < -0.3 is 23.7 Å². The Kier molecular flexibility index (Phi) is 6.21. The van der Waals surface area contributed by atoms with Crippen molar-refractivity contribution in [3.63, 3.8) is 0 Å². The maximum absolute atomic E-state index is 12.7. The lowest BCUT2D eigenvalue weighted by atomic mass is 10.3. The van der Waals surface area contributed by atoms with Gasteiger partial charge in [-0.25, -0.2) is 13.7 Å². The van der Waals surface area contributed by atoms with Gasteiger partial charge in [0.15, 0.2) is 0 Å². The van der Waals surface area contributed by atoms with Gasteiger partial charge in [-0.1, -0.05) is 36.4 Å². The van der Waals surface area contributed by atoms with Crippen LogP contribution in [0.3, 0.4) is 0 Å². The van der Waals surface area contributed by atoms with Crippen molar-refractivity contribution in [2.75, 3.05) is 0 Å². The summed E-state index contributed by atoms with van der Waals surface area (Å²) >= 11 is 0. The van der Waals surface area contributed by atoms with E-state index in [2.05, 4.69) is 8.62 Å². The molecule has 0 fully saturated rings. The van der Waals surface area contributed by atoms with Gasteiger partial charge in [0.05, 0.1) is 0 Å². The minimum atomic E-state index is -5.49. The molecule has 2 aromatic carbocycles. The third-order valence-electron chi connectivity index (χ3n) is 2.33. The Morgan fingerprint density at radius 1 is 0.640 bits per heavy atom. The smallest absolute Gasteiger partial charge is 0.395 e. The van der Waals surface area contributed by atoms with E-state index in [-0.39, 0.29) is 11.5 Å². The van der Waals surface area contributed by atoms with E-state index in [1.165, 1.54) is 48.5 Å². The van der Waals surface area contributed by atoms with E-state index in [0.717, 1.165) is 0 Å². The monoisotopic (exact) mass is 410 g/mol. The first-order chi connectivity index (χ1) is 11.6. The van der Waals surface area contributed by atoms with Crippen molar-refractivity contribution in [3.8, 4) is 11.5 Å². The van der Waals surface area contributed by atoms with Crippen molar-refractivity contribution in [2.24, 2.45) is 0 Å². The van der Waals surface area contributed by atoms with E-state index in [1.54, 1.807) is 12.1 Å². The molecule has 136 valence electrons.